The highest BCUT2D eigenvalue weighted by Crippen LogP contribution is 2.34. The molecule has 2 aliphatic rings. The van der Waals surface area contributed by atoms with Crippen molar-refractivity contribution < 1.29 is 0 Å². The molecule has 0 spiro atoms. The highest BCUT2D eigenvalue weighted by molar-refractivity contribution is 6.15. The first-order valence-corrected chi connectivity index (χ1v) is 6.72. The molecule has 2 rings (SSSR count). The van der Waals surface area contributed by atoms with Crippen molar-refractivity contribution in [1.82, 2.24) is 5.32 Å². The summed E-state index contributed by atoms with van der Waals surface area (Å²) in [6.45, 7) is 4.52. The Morgan fingerprint density at radius 3 is 2.56 bits per heavy atom. The summed E-state index contributed by atoms with van der Waals surface area (Å²) in [5.41, 5.74) is 9.38. The molecule has 1 aliphatic heterocycles. The topological polar surface area (TPSA) is 38.0 Å². The van der Waals surface area contributed by atoms with Crippen molar-refractivity contribution in [2.75, 3.05) is 0 Å². The Labute approximate surface area is 100 Å². The smallest absolute Gasteiger partial charge is 0.127 e. The minimum Gasteiger partial charge on any atom is -0.385 e. The summed E-state index contributed by atoms with van der Waals surface area (Å²) in [6, 6.07) is 0.689. The number of hydrogen-bond donors (Lipinski definition) is 2. The molecule has 3 unspecified atom stereocenters. The van der Waals surface area contributed by atoms with Crippen LogP contribution in [0.15, 0.2) is 11.3 Å². The molecule has 0 bridgehead atoms. The van der Waals surface area contributed by atoms with E-state index >= 15 is 0 Å². The fourth-order valence-corrected chi connectivity index (χ4v) is 3.34. The van der Waals surface area contributed by atoms with Crippen molar-refractivity contribution in [3.63, 3.8) is 0 Å². The van der Waals surface area contributed by atoms with Crippen LogP contribution in [0.1, 0.15) is 52.4 Å². The van der Waals surface area contributed by atoms with E-state index in [-0.39, 0.29) is 5.44 Å². The number of allylic oxidation sites excluding steroid dienone is 1. The molecule has 0 aromatic carbocycles. The molecule has 0 aromatic heterocycles. The zero-order valence-corrected chi connectivity index (χ0v) is 11.0. The minimum absolute atomic E-state index is 0.0747. The first-order valence-electron chi connectivity index (χ1n) is 6.72. The monoisotopic (exact) mass is 220 g/mol. The molecular weight excluding hydrogens is 195 g/mol. The first kappa shape index (κ1) is 12.0. The molecule has 2 nitrogen and oxygen atoms in total. The number of hydrogen-bond acceptors (Lipinski definition) is 2. The molecule has 3 atom stereocenters. The molecule has 90 valence electrons. The summed E-state index contributed by atoms with van der Waals surface area (Å²) >= 11 is 0. The normalized spacial score (nSPS) is 40.7. The molecule has 16 heavy (non-hydrogen) atoms. The molecular formula is C13H25BN2. The molecule has 1 aliphatic carbocycles. The molecule has 0 amide bonds. The molecule has 1 fully saturated rings. The van der Waals surface area contributed by atoms with Gasteiger partial charge in [-0.2, -0.15) is 0 Å². The van der Waals surface area contributed by atoms with Crippen molar-refractivity contribution in [3.8, 4) is 0 Å². The average molecular weight is 220 g/mol. The summed E-state index contributed by atoms with van der Waals surface area (Å²) < 4.78 is 0. The van der Waals surface area contributed by atoms with E-state index in [1.165, 1.54) is 44.2 Å². The third-order valence-electron chi connectivity index (χ3n) is 4.56. The van der Waals surface area contributed by atoms with E-state index in [1.54, 1.807) is 5.57 Å². The largest absolute Gasteiger partial charge is 0.385 e. The SMILES string of the molecule is BC1(N)CCCC2NC(C)=C(C)C2CCC1. The van der Waals surface area contributed by atoms with E-state index in [4.69, 9.17) is 5.73 Å². The Hall–Kier alpha value is -0.435. The van der Waals surface area contributed by atoms with Gasteiger partial charge in [-0.15, -0.1) is 0 Å². The maximum atomic E-state index is 6.30. The molecule has 1 saturated carbocycles. The van der Waals surface area contributed by atoms with Gasteiger partial charge in [0, 0.05) is 17.7 Å². The van der Waals surface area contributed by atoms with Gasteiger partial charge in [0.15, 0.2) is 0 Å². The third kappa shape index (κ3) is 2.45. The van der Waals surface area contributed by atoms with E-state index in [9.17, 15) is 0 Å². The van der Waals surface area contributed by atoms with Crippen LogP contribution in [0, 0.1) is 5.92 Å². The Kier molecular flexibility index (Phi) is 3.34. The Balaban J connectivity index is 2.05. The molecule has 3 N–H and O–H groups in total. The van der Waals surface area contributed by atoms with Crippen LogP contribution in [-0.4, -0.2) is 19.3 Å². The average Bonchev–Trinajstić information content (AvgIpc) is 2.48. The fourth-order valence-electron chi connectivity index (χ4n) is 3.34. The van der Waals surface area contributed by atoms with Gasteiger partial charge >= 0.3 is 0 Å². The molecule has 0 radical (unpaired) electrons. The Morgan fingerprint density at radius 1 is 1.25 bits per heavy atom. The van der Waals surface area contributed by atoms with Gasteiger partial charge in [-0.05, 0) is 50.5 Å². The summed E-state index contributed by atoms with van der Waals surface area (Å²) in [5, 5.41) is 3.67. The van der Waals surface area contributed by atoms with Gasteiger partial charge in [-0.3, -0.25) is 0 Å². The lowest BCUT2D eigenvalue weighted by molar-refractivity contribution is 0.409. The van der Waals surface area contributed by atoms with E-state index in [0.717, 1.165) is 5.92 Å². The summed E-state index contributed by atoms with van der Waals surface area (Å²) in [7, 11) is 2.22. The number of fused-ring (bicyclic) bond motifs is 1. The predicted octanol–water partition coefficient (Wildman–Crippen LogP) is 1.51. The Morgan fingerprint density at radius 2 is 1.88 bits per heavy atom. The fraction of sp³-hybridized carbons (Fsp3) is 0.846. The quantitative estimate of drug-likeness (QED) is 0.607. The van der Waals surface area contributed by atoms with Crippen LogP contribution >= 0.6 is 0 Å². The van der Waals surface area contributed by atoms with Gasteiger partial charge in [-0.25, -0.2) is 0 Å². The molecule has 1 heterocycles. The third-order valence-corrected chi connectivity index (χ3v) is 4.56. The van der Waals surface area contributed by atoms with Gasteiger partial charge in [0.2, 0.25) is 0 Å². The lowest BCUT2D eigenvalue weighted by Gasteiger charge is -2.23. The maximum absolute atomic E-state index is 6.30. The zero-order valence-electron chi connectivity index (χ0n) is 11.0. The van der Waals surface area contributed by atoms with Crippen LogP contribution in [0.4, 0.5) is 0 Å². The van der Waals surface area contributed by atoms with Crippen molar-refractivity contribution in [1.29, 1.82) is 0 Å². The summed E-state index contributed by atoms with van der Waals surface area (Å²) in [6.07, 6.45) is 7.50. The van der Waals surface area contributed by atoms with Crippen LogP contribution in [0.2, 0.25) is 0 Å². The van der Waals surface area contributed by atoms with Crippen LogP contribution in [0.5, 0.6) is 0 Å². The molecule has 3 heteroatoms. The number of nitrogens with one attached hydrogen (secondary N) is 1. The summed E-state index contributed by atoms with van der Waals surface area (Å²) in [5.74, 6) is 0.772. The second kappa shape index (κ2) is 4.44. The van der Waals surface area contributed by atoms with E-state index in [0.29, 0.717) is 6.04 Å². The van der Waals surface area contributed by atoms with Crippen molar-refractivity contribution in [2.45, 2.75) is 63.9 Å². The van der Waals surface area contributed by atoms with Crippen LogP contribution < -0.4 is 11.1 Å². The first-order chi connectivity index (χ1) is 7.49. The predicted molar refractivity (Wildman–Crippen MR) is 72.0 cm³/mol. The van der Waals surface area contributed by atoms with Gasteiger partial charge < -0.3 is 11.1 Å². The Bertz CT molecular complexity index is 296. The number of nitrogens with two attached hydrogens (primary N) is 1. The highest BCUT2D eigenvalue weighted by atomic mass is 15.0. The van der Waals surface area contributed by atoms with Gasteiger partial charge in [0.25, 0.3) is 0 Å². The van der Waals surface area contributed by atoms with Gasteiger partial charge in [0.05, 0.1) is 0 Å². The lowest BCUT2D eigenvalue weighted by atomic mass is 9.72. The second-order valence-corrected chi connectivity index (χ2v) is 6.10. The van der Waals surface area contributed by atoms with Crippen molar-refractivity contribution >= 4 is 7.85 Å². The highest BCUT2D eigenvalue weighted by Gasteiger charge is 2.32. The zero-order chi connectivity index (χ0) is 11.8. The van der Waals surface area contributed by atoms with Gasteiger partial charge in [0.1, 0.15) is 7.85 Å². The maximum Gasteiger partial charge on any atom is 0.127 e. The van der Waals surface area contributed by atoms with Gasteiger partial charge in [-0.1, -0.05) is 12.8 Å². The standard InChI is InChI=1S/C13H25BN2/c1-9-10(2)16-12-6-4-8-13(14,15)7-3-5-11(9)12/h11-12,16H,3-8,14-15H2,1-2H3. The van der Waals surface area contributed by atoms with E-state index in [2.05, 4.69) is 27.0 Å². The van der Waals surface area contributed by atoms with Crippen molar-refractivity contribution in [3.05, 3.63) is 11.3 Å². The minimum atomic E-state index is 0.0747. The van der Waals surface area contributed by atoms with Crippen LogP contribution in [0.3, 0.4) is 0 Å². The molecule has 0 aromatic rings. The van der Waals surface area contributed by atoms with E-state index in [1.807, 2.05) is 0 Å². The second-order valence-electron chi connectivity index (χ2n) is 6.10. The van der Waals surface area contributed by atoms with E-state index < -0.39 is 0 Å². The van der Waals surface area contributed by atoms with Crippen LogP contribution in [-0.2, 0) is 0 Å². The lowest BCUT2D eigenvalue weighted by Crippen LogP contribution is -2.40. The van der Waals surface area contributed by atoms with Crippen molar-refractivity contribution in [2.24, 2.45) is 11.7 Å². The summed E-state index contributed by atoms with van der Waals surface area (Å²) in [4.78, 5) is 0. The van der Waals surface area contributed by atoms with Crippen LogP contribution in [0.25, 0.3) is 0 Å². The number of rotatable bonds is 0. The molecule has 0 saturated heterocycles.